The van der Waals surface area contributed by atoms with E-state index >= 15 is 0 Å². The fraction of sp³-hybridized carbons (Fsp3) is 0.375. The maximum absolute atomic E-state index is 6.32. The zero-order chi connectivity index (χ0) is 15.4. The molecule has 112 valence electrons. The molecule has 0 amide bonds. The van der Waals surface area contributed by atoms with Crippen LogP contribution in [0.5, 0.6) is 0 Å². The van der Waals surface area contributed by atoms with E-state index in [0.717, 1.165) is 12.0 Å². The van der Waals surface area contributed by atoms with E-state index in [1.807, 2.05) is 45.0 Å². The van der Waals surface area contributed by atoms with Crippen molar-refractivity contribution in [1.82, 2.24) is 9.97 Å². The number of nitrogens with zero attached hydrogens (tertiary/aromatic N) is 2. The van der Waals surface area contributed by atoms with Gasteiger partial charge in [0.2, 0.25) is 0 Å². The highest BCUT2D eigenvalue weighted by atomic mass is 35.5. The summed E-state index contributed by atoms with van der Waals surface area (Å²) in [6, 6.07) is 7.94. The summed E-state index contributed by atoms with van der Waals surface area (Å²) in [6.45, 7) is 6.57. The largest absolute Gasteiger partial charge is 0.371 e. The van der Waals surface area contributed by atoms with Crippen LogP contribution < -0.4 is 0 Å². The number of hydrogen-bond acceptors (Lipinski definition) is 3. The lowest BCUT2D eigenvalue weighted by Crippen LogP contribution is -2.09. The van der Waals surface area contributed by atoms with Crippen molar-refractivity contribution >= 4 is 23.2 Å². The van der Waals surface area contributed by atoms with Gasteiger partial charge in [-0.15, -0.1) is 0 Å². The zero-order valence-corrected chi connectivity index (χ0v) is 13.9. The molecule has 1 aromatic carbocycles. The highest BCUT2D eigenvalue weighted by Crippen LogP contribution is 2.34. The highest BCUT2D eigenvalue weighted by molar-refractivity contribution is 6.37. The molecule has 1 unspecified atom stereocenters. The first-order valence-corrected chi connectivity index (χ1v) is 7.74. The average Bonchev–Trinajstić information content (AvgIpc) is 2.46. The van der Waals surface area contributed by atoms with Gasteiger partial charge in [-0.3, -0.25) is 0 Å². The molecule has 3 nitrogen and oxygen atoms in total. The molecule has 0 aliphatic heterocycles. The molecule has 0 radical (unpaired) electrons. The van der Waals surface area contributed by atoms with E-state index in [1.54, 1.807) is 0 Å². The molecule has 0 aliphatic rings. The van der Waals surface area contributed by atoms with Crippen LogP contribution >= 0.6 is 23.2 Å². The smallest absolute Gasteiger partial charge is 0.160 e. The number of aryl methyl sites for hydroxylation is 1. The summed E-state index contributed by atoms with van der Waals surface area (Å²) in [7, 11) is 0. The summed E-state index contributed by atoms with van der Waals surface area (Å²) in [5.74, 6) is 0.533. The van der Waals surface area contributed by atoms with Gasteiger partial charge in [0.05, 0.1) is 5.56 Å². The lowest BCUT2D eigenvalue weighted by Gasteiger charge is -2.15. The summed E-state index contributed by atoms with van der Waals surface area (Å²) in [5.41, 5.74) is 2.74. The van der Waals surface area contributed by atoms with Crippen molar-refractivity contribution in [1.29, 1.82) is 0 Å². The Morgan fingerprint density at radius 2 is 1.62 bits per heavy atom. The molecule has 0 saturated carbocycles. The topological polar surface area (TPSA) is 35.0 Å². The van der Waals surface area contributed by atoms with Crippen LogP contribution in [0.25, 0.3) is 11.1 Å². The fourth-order valence-electron chi connectivity index (χ4n) is 2.10. The molecule has 1 heterocycles. The highest BCUT2D eigenvalue weighted by Gasteiger charge is 2.19. The van der Waals surface area contributed by atoms with Crippen LogP contribution in [0.1, 0.15) is 37.8 Å². The molecule has 1 aromatic heterocycles. The van der Waals surface area contributed by atoms with E-state index < -0.39 is 0 Å². The van der Waals surface area contributed by atoms with Crippen molar-refractivity contribution in [2.45, 2.75) is 33.3 Å². The summed E-state index contributed by atoms with van der Waals surface area (Å²) in [6.07, 6.45) is 0.585. The number of rotatable bonds is 5. The number of hydrogen-bond donors (Lipinski definition) is 0. The Bertz CT molecular complexity index is 591. The van der Waals surface area contributed by atoms with Gasteiger partial charge in [-0.25, -0.2) is 9.97 Å². The molecule has 0 N–H and O–H groups in total. The molecule has 0 saturated heterocycles. The Labute approximate surface area is 135 Å². The first-order valence-electron chi connectivity index (χ1n) is 6.98. The average molecular weight is 325 g/mol. The molecular weight excluding hydrogens is 307 g/mol. The lowest BCUT2D eigenvalue weighted by molar-refractivity contribution is 0.0535. The predicted molar refractivity (Wildman–Crippen MR) is 86.9 cm³/mol. The van der Waals surface area contributed by atoms with E-state index in [9.17, 15) is 0 Å². The van der Waals surface area contributed by atoms with Crippen LogP contribution in [-0.2, 0) is 4.74 Å². The van der Waals surface area contributed by atoms with E-state index in [-0.39, 0.29) is 6.10 Å². The first-order chi connectivity index (χ1) is 10.1. The Balaban J connectivity index is 2.44. The number of aromatic nitrogens is 2. The molecule has 0 spiro atoms. The quantitative estimate of drug-likeness (QED) is 0.705. The molecule has 21 heavy (non-hydrogen) atoms. The van der Waals surface area contributed by atoms with Gasteiger partial charge in [0, 0.05) is 6.61 Å². The molecule has 2 aromatic rings. The van der Waals surface area contributed by atoms with Gasteiger partial charge in [-0.1, -0.05) is 60.0 Å². The standard InChI is InChI=1S/C16H18Cl2N2O/c1-4-12(21-5-2)16-19-14(17)13(15(18)20-16)11-8-6-10(3)7-9-11/h6-9,12H,4-5H2,1-3H3. The minimum absolute atomic E-state index is 0.183. The maximum Gasteiger partial charge on any atom is 0.160 e. The van der Waals surface area contributed by atoms with E-state index in [2.05, 4.69) is 9.97 Å². The Hall–Kier alpha value is -1.16. The van der Waals surface area contributed by atoms with Crippen molar-refractivity contribution in [2.75, 3.05) is 6.61 Å². The van der Waals surface area contributed by atoms with Crippen molar-refractivity contribution in [2.24, 2.45) is 0 Å². The van der Waals surface area contributed by atoms with Crippen LogP contribution in [0, 0.1) is 6.92 Å². The second kappa shape index (κ2) is 7.21. The van der Waals surface area contributed by atoms with E-state index in [4.69, 9.17) is 27.9 Å². The summed E-state index contributed by atoms with van der Waals surface area (Å²) >= 11 is 12.6. The van der Waals surface area contributed by atoms with Gasteiger partial charge in [-0.05, 0) is 25.8 Å². The molecule has 0 aliphatic carbocycles. The summed E-state index contributed by atoms with van der Waals surface area (Å²) in [4.78, 5) is 8.73. The minimum atomic E-state index is -0.183. The van der Waals surface area contributed by atoms with Gasteiger partial charge in [0.25, 0.3) is 0 Å². The number of benzene rings is 1. The third kappa shape index (κ3) is 3.73. The maximum atomic E-state index is 6.32. The minimum Gasteiger partial charge on any atom is -0.371 e. The van der Waals surface area contributed by atoms with Crippen LogP contribution in [0.4, 0.5) is 0 Å². The third-order valence-corrected chi connectivity index (χ3v) is 3.75. The van der Waals surface area contributed by atoms with Crippen LogP contribution in [0.2, 0.25) is 10.3 Å². The molecule has 0 bridgehead atoms. The Kier molecular flexibility index (Phi) is 5.57. The molecular formula is C16H18Cl2N2O. The molecule has 0 fully saturated rings. The monoisotopic (exact) mass is 324 g/mol. The molecule has 1 atom stereocenters. The third-order valence-electron chi connectivity index (χ3n) is 3.20. The van der Waals surface area contributed by atoms with Crippen molar-refractivity contribution in [3.63, 3.8) is 0 Å². The van der Waals surface area contributed by atoms with Crippen molar-refractivity contribution in [3.05, 3.63) is 46.0 Å². The second-order valence-corrected chi connectivity index (χ2v) is 5.47. The number of halogens is 2. The van der Waals surface area contributed by atoms with E-state index in [0.29, 0.717) is 28.3 Å². The lowest BCUT2D eigenvalue weighted by atomic mass is 10.1. The molecule has 5 heteroatoms. The zero-order valence-electron chi connectivity index (χ0n) is 12.4. The van der Waals surface area contributed by atoms with Crippen molar-refractivity contribution < 1.29 is 4.74 Å². The SMILES string of the molecule is CCOC(CC)c1nc(Cl)c(-c2ccc(C)cc2)c(Cl)n1. The number of ether oxygens (including phenoxy) is 1. The van der Waals surface area contributed by atoms with Gasteiger partial charge in [-0.2, -0.15) is 0 Å². The van der Waals surface area contributed by atoms with Gasteiger partial charge in [0.15, 0.2) is 5.82 Å². The fourth-order valence-corrected chi connectivity index (χ4v) is 2.72. The van der Waals surface area contributed by atoms with Crippen LogP contribution in [0.15, 0.2) is 24.3 Å². The Morgan fingerprint density at radius 1 is 1.05 bits per heavy atom. The first kappa shape index (κ1) is 16.2. The Morgan fingerprint density at radius 3 is 2.10 bits per heavy atom. The van der Waals surface area contributed by atoms with Crippen molar-refractivity contribution in [3.8, 4) is 11.1 Å². The van der Waals surface area contributed by atoms with Crippen LogP contribution in [0.3, 0.4) is 0 Å². The van der Waals surface area contributed by atoms with E-state index in [1.165, 1.54) is 5.56 Å². The summed E-state index contributed by atoms with van der Waals surface area (Å²) in [5, 5.41) is 0.707. The molecule has 2 rings (SSSR count). The normalized spacial score (nSPS) is 12.4. The van der Waals surface area contributed by atoms with Gasteiger partial charge in [0.1, 0.15) is 16.4 Å². The predicted octanol–water partition coefficient (Wildman–Crippen LogP) is 5.25. The van der Waals surface area contributed by atoms with Crippen LogP contribution in [-0.4, -0.2) is 16.6 Å². The van der Waals surface area contributed by atoms with Gasteiger partial charge >= 0.3 is 0 Å². The second-order valence-electron chi connectivity index (χ2n) is 4.76. The summed E-state index contributed by atoms with van der Waals surface area (Å²) < 4.78 is 5.61. The van der Waals surface area contributed by atoms with Gasteiger partial charge < -0.3 is 4.74 Å².